The number of hydrogen-bond acceptors (Lipinski definition) is 3. The van der Waals surface area contributed by atoms with Gasteiger partial charge in [0.2, 0.25) is 0 Å². The number of nitrogens with zero attached hydrogens (tertiary/aromatic N) is 3. The van der Waals surface area contributed by atoms with Crippen LogP contribution in [0.3, 0.4) is 0 Å². The van der Waals surface area contributed by atoms with Crippen molar-refractivity contribution < 1.29 is 8.78 Å². The number of halogens is 2. The minimum absolute atomic E-state index is 0.456. The third kappa shape index (κ3) is 6.40. The summed E-state index contributed by atoms with van der Waals surface area (Å²) in [4.78, 5) is 8.88. The van der Waals surface area contributed by atoms with Crippen molar-refractivity contribution >= 4 is 5.84 Å². The Morgan fingerprint density at radius 3 is 2.37 bits per heavy atom. The third-order valence-corrected chi connectivity index (χ3v) is 4.75. The number of rotatable bonds is 3. The van der Waals surface area contributed by atoms with Gasteiger partial charge >= 0.3 is 0 Å². The van der Waals surface area contributed by atoms with Crippen molar-refractivity contribution in [1.29, 1.82) is 5.41 Å². The average Bonchev–Trinajstić information content (AvgIpc) is 2.65. The van der Waals surface area contributed by atoms with Crippen molar-refractivity contribution in [3.05, 3.63) is 65.0 Å². The van der Waals surface area contributed by atoms with Crippen LogP contribution >= 0.6 is 0 Å². The van der Waals surface area contributed by atoms with Crippen molar-refractivity contribution in [2.24, 2.45) is 0 Å². The molecule has 3 rings (SSSR count). The zero-order valence-electron chi connectivity index (χ0n) is 16.3. The van der Waals surface area contributed by atoms with Gasteiger partial charge in [0.25, 0.3) is 0 Å². The quantitative estimate of drug-likeness (QED) is 0.652. The average molecular weight is 374 g/mol. The maximum Gasteiger partial charge on any atom is 0.129 e. The lowest BCUT2D eigenvalue weighted by molar-refractivity contribution is 0.174. The summed E-state index contributed by atoms with van der Waals surface area (Å²) in [5, 5.41) is 7.61. The number of nitrogens with one attached hydrogen (secondary N) is 1. The molecule has 1 N–H and O–H groups in total. The summed E-state index contributed by atoms with van der Waals surface area (Å²) < 4.78 is 24.9. The summed E-state index contributed by atoms with van der Waals surface area (Å²) in [6, 6.07) is 7.78. The highest BCUT2D eigenvalue weighted by atomic mass is 19.1. The predicted octanol–water partition coefficient (Wildman–Crippen LogP) is 4.03. The number of pyridine rings is 1. The molecule has 1 aromatic heterocycles. The number of benzene rings is 1. The van der Waals surface area contributed by atoms with E-state index in [0.717, 1.165) is 44.5 Å². The zero-order chi connectivity index (χ0) is 19.8. The highest BCUT2D eigenvalue weighted by Crippen LogP contribution is 2.11. The molecule has 0 aliphatic carbocycles. The lowest BCUT2D eigenvalue weighted by Gasteiger charge is -2.35. The molecule has 0 spiro atoms. The van der Waals surface area contributed by atoms with Crippen LogP contribution in [0.2, 0.25) is 0 Å². The van der Waals surface area contributed by atoms with Gasteiger partial charge in [0.1, 0.15) is 11.6 Å². The van der Waals surface area contributed by atoms with E-state index in [1.165, 1.54) is 17.7 Å². The molecule has 6 heteroatoms. The molecule has 1 aliphatic rings. The van der Waals surface area contributed by atoms with Crippen LogP contribution in [0, 0.1) is 24.0 Å². The molecular formula is C21H28F2N4. The maximum absolute atomic E-state index is 12.6. The molecule has 0 radical (unpaired) electrons. The van der Waals surface area contributed by atoms with Crippen molar-refractivity contribution in [2.75, 3.05) is 26.2 Å². The number of hydrogen-bond donors (Lipinski definition) is 1. The van der Waals surface area contributed by atoms with E-state index < -0.39 is 11.6 Å². The van der Waals surface area contributed by atoms with E-state index in [4.69, 9.17) is 5.41 Å². The summed E-state index contributed by atoms with van der Waals surface area (Å²) in [6.07, 6.45) is 2.45. The molecular weight excluding hydrogens is 346 g/mol. The lowest BCUT2D eigenvalue weighted by Crippen LogP contribution is -2.47. The largest absolute Gasteiger partial charge is 0.358 e. The van der Waals surface area contributed by atoms with Crippen LogP contribution in [0.1, 0.15) is 30.7 Å². The third-order valence-electron chi connectivity index (χ3n) is 4.75. The fraction of sp³-hybridized carbons (Fsp3) is 0.429. The SMILES string of the molecule is CC(=N)N1CCN(Cc2cccnc2C)CC1.CCc1ccc(F)cc1F. The molecule has 1 saturated heterocycles. The molecule has 1 aromatic carbocycles. The van der Waals surface area contributed by atoms with Gasteiger partial charge in [0.15, 0.2) is 0 Å². The Bertz CT molecular complexity index is 756. The van der Waals surface area contributed by atoms with Gasteiger partial charge in [0, 0.05) is 50.7 Å². The second kappa shape index (κ2) is 10.1. The van der Waals surface area contributed by atoms with Gasteiger partial charge in [-0.1, -0.05) is 19.1 Å². The first-order valence-corrected chi connectivity index (χ1v) is 9.27. The maximum atomic E-state index is 12.6. The fourth-order valence-electron chi connectivity index (χ4n) is 2.98. The van der Waals surface area contributed by atoms with Crippen molar-refractivity contribution in [1.82, 2.24) is 14.8 Å². The summed E-state index contributed by atoms with van der Waals surface area (Å²) in [5.41, 5.74) is 2.99. The molecule has 0 saturated carbocycles. The molecule has 0 unspecified atom stereocenters. The number of piperazine rings is 1. The van der Waals surface area contributed by atoms with E-state index in [2.05, 4.69) is 27.8 Å². The number of amidine groups is 1. The van der Waals surface area contributed by atoms with Crippen LogP contribution in [0.5, 0.6) is 0 Å². The van der Waals surface area contributed by atoms with E-state index >= 15 is 0 Å². The minimum atomic E-state index is -0.519. The smallest absolute Gasteiger partial charge is 0.129 e. The second-order valence-corrected chi connectivity index (χ2v) is 6.69. The fourth-order valence-corrected chi connectivity index (χ4v) is 2.98. The van der Waals surface area contributed by atoms with Crippen molar-refractivity contribution in [3.8, 4) is 0 Å². The van der Waals surface area contributed by atoms with Crippen LogP contribution in [0.15, 0.2) is 36.5 Å². The van der Waals surface area contributed by atoms with Crippen LogP contribution < -0.4 is 0 Å². The first-order chi connectivity index (χ1) is 12.9. The van der Waals surface area contributed by atoms with Crippen LogP contribution in [0.4, 0.5) is 8.78 Å². The summed E-state index contributed by atoms with van der Waals surface area (Å²) >= 11 is 0. The highest BCUT2D eigenvalue weighted by molar-refractivity contribution is 5.76. The van der Waals surface area contributed by atoms with Crippen LogP contribution in [-0.4, -0.2) is 46.8 Å². The molecule has 27 heavy (non-hydrogen) atoms. The molecule has 2 aromatic rings. The molecule has 0 atom stereocenters. The van der Waals surface area contributed by atoms with Gasteiger partial charge < -0.3 is 4.90 Å². The first kappa shape index (κ1) is 21.0. The minimum Gasteiger partial charge on any atom is -0.358 e. The predicted molar refractivity (Wildman–Crippen MR) is 105 cm³/mol. The van der Waals surface area contributed by atoms with E-state index in [1.807, 2.05) is 26.1 Å². The molecule has 146 valence electrons. The Hall–Kier alpha value is -2.34. The number of aromatic nitrogens is 1. The monoisotopic (exact) mass is 374 g/mol. The first-order valence-electron chi connectivity index (χ1n) is 9.27. The van der Waals surface area contributed by atoms with E-state index in [-0.39, 0.29) is 0 Å². The molecule has 0 bridgehead atoms. The van der Waals surface area contributed by atoms with Crippen LogP contribution in [-0.2, 0) is 13.0 Å². The van der Waals surface area contributed by atoms with Crippen molar-refractivity contribution in [2.45, 2.75) is 33.7 Å². The molecule has 2 heterocycles. The van der Waals surface area contributed by atoms with E-state index in [1.54, 1.807) is 0 Å². The summed E-state index contributed by atoms with van der Waals surface area (Å²) in [6.45, 7) is 10.7. The van der Waals surface area contributed by atoms with Gasteiger partial charge in [-0.05, 0) is 43.5 Å². The Morgan fingerprint density at radius 2 is 1.81 bits per heavy atom. The van der Waals surface area contributed by atoms with Gasteiger partial charge in [-0.2, -0.15) is 0 Å². The van der Waals surface area contributed by atoms with E-state index in [0.29, 0.717) is 17.8 Å². The topological polar surface area (TPSA) is 43.2 Å². The Kier molecular flexibility index (Phi) is 7.85. The molecule has 4 nitrogen and oxygen atoms in total. The second-order valence-electron chi connectivity index (χ2n) is 6.69. The van der Waals surface area contributed by atoms with Crippen LogP contribution in [0.25, 0.3) is 0 Å². The molecule has 0 amide bonds. The van der Waals surface area contributed by atoms with Gasteiger partial charge in [-0.15, -0.1) is 0 Å². The Balaban J connectivity index is 0.000000223. The molecule has 1 fully saturated rings. The Morgan fingerprint density at radius 1 is 1.11 bits per heavy atom. The highest BCUT2D eigenvalue weighted by Gasteiger charge is 2.17. The summed E-state index contributed by atoms with van der Waals surface area (Å²) in [5.74, 6) is -0.292. The standard InChI is InChI=1S/C13H20N4.C8H8F2/c1-11-13(4-3-5-15-11)10-16-6-8-17(9-7-16)12(2)14;1-2-6-3-4-7(9)5-8(6)10/h3-5,14H,6-10H2,1-2H3;3-5H,2H2,1H3. The Labute approximate surface area is 160 Å². The zero-order valence-corrected chi connectivity index (χ0v) is 16.3. The summed E-state index contributed by atoms with van der Waals surface area (Å²) in [7, 11) is 0. The van der Waals surface area contributed by atoms with E-state index in [9.17, 15) is 8.78 Å². The van der Waals surface area contributed by atoms with Gasteiger partial charge in [0.05, 0.1) is 5.84 Å². The number of aryl methyl sites for hydroxylation is 2. The van der Waals surface area contributed by atoms with Crippen molar-refractivity contribution in [3.63, 3.8) is 0 Å². The normalized spacial score (nSPS) is 14.5. The van der Waals surface area contributed by atoms with Gasteiger partial charge in [-0.3, -0.25) is 15.3 Å². The lowest BCUT2D eigenvalue weighted by atomic mass is 10.1. The van der Waals surface area contributed by atoms with Gasteiger partial charge in [-0.25, -0.2) is 8.78 Å². The molecule has 1 aliphatic heterocycles.